The van der Waals surface area contributed by atoms with Gasteiger partial charge >= 0.3 is 5.97 Å². The first-order valence-corrected chi connectivity index (χ1v) is 9.28. The van der Waals surface area contributed by atoms with Gasteiger partial charge in [0.2, 0.25) is 10.0 Å². The summed E-state index contributed by atoms with van der Waals surface area (Å²) < 4.78 is 38.3. The Labute approximate surface area is 147 Å². The Morgan fingerprint density at radius 1 is 1.20 bits per heavy atom. The minimum atomic E-state index is -3.92. The summed E-state index contributed by atoms with van der Waals surface area (Å²) in [5.74, 6) is -0.0835. The molecule has 1 heterocycles. The molecule has 2 aromatic rings. The van der Waals surface area contributed by atoms with Crippen molar-refractivity contribution in [3.8, 4) is 5.75 Å². The minimum absolute atomic E-state index is 0.0341. The third-order valence-corrected chi connectivity index (χ3v) is 5.28. The van der Waals surface area contributed by atoms with Crippen LogP contribution in [0.4, 0.5) is 0 Å². The number of ether oxygens (including phenoxy) is 2. The molecule has 0 fully saturated rings. The highest BCUT2D eigenvalue weighted by molar-refractivity contribution is 7.89. The number of sulfonamides is 1. The molecular formula is C17H22N2O5S. The minimum Gasteiger partial charge on any atom is -0.496 e. The summed E-state index contributed by atoms with van der Waals surface area (Å²) in [6.45, 7) is 5.11. The molecule has 1 aromatic heterocycles. The Kier molecular flexibility index (Phi) is 5.86. The van der Waals surface area contributed by atoms with E-state index in [0.717, 1.165) is 0 Å². The summed E-state index contributed by atoms with van der Waals surface area (Å²) in [5.41, 5.74) is 1.56. The quantitative estimate of drug-likeness (QED) is 0.733. The number of rotatable bonds is 7. The SMILES string of the molecule is CCOC(=O)c1c(C)[nH]c(C)c1S(=O)(=O)NCc1ccccc1OC. The number of nitrogens with one attached hydrogen (secondary N) is 2. The molecule has 0 bridgehead atoms. The zero-order valence-corrected chi connectivity index (χ0v) is 15.5. The van der Waals surface area contributed by atoms with Gasteiger partial charge in [0.25, 0.3) is 0 Å². The van der Waals surface area contributed by atoms with Crippen molar-refractivity contribution >= 4 is 16.0 Å². The van der Waals surface area contributed by atoms with Crippen molar-refractivity contribution in [3.63, 3.8) is 0 Å². The molecule has 8 heteroatoms. The second-order valence-corrected chi connectivity index (χ2v) is 7.14. The van der Waals surface area contributed by atoms with Crippen LogP contribution < -0.4 is 9.46 Å². The maximum absolute atomic E-state index is 12.8. The molecule has 0 unspecified atom stereocenters. The first-order chi connectivity index (χ1) is 11.8. The highest BCUT2D eigenvalue weighted by Crippen LogP contribution is 2.25. The van der Waals surface area contributed by atoms with E-state index < -0.39 is 16.0 Å². The van der Waals surface area contributed by atoms with Crippen LogP contribution in [-0.4, -0.2) is 33.1 Å². The molecule has 136 valence electrons. The van der Waals surface area contributed by atoms with Crippen LogP contribution in [0.15, 0.2) is 29.2 Å². The van der Waals surface area contributed by atoms with Crippen molar-refractivity contribution in [1.82, 2.24) is 9.71 Å². The van der Waals surface area contributed by atoms with Gasteiger partial charge in [-0.3, -0.25) is 0 Å². The van der Waals surface area contributed by atoms with Crippen LogP contribution in [0.1, 0.15) is 34.2 Å². The lowest BCUT2D eigenvalue weighted by atomic mass is 10.2. The summed E-state index contributed by atoms with van der Waals surface area (Å²) in [7, 11) is -2.41. The number of hydrogen-bond donors (Lipinski definition) is 2. The second kappa shape index (κ2) is 7.71. The van der Waals surface area contributed by atoms with Crippen molar-refractivity contribution in [2.24, 2.45) is 0 Å². The Hall–Kier alpha value is -2.32. The standard InChI is InChI=1S/C17H22N2O5S/c1-5-24-17(20)15-11(2)19-12(3)16(15)25(21,22)18-10-13-8-6-7-9-14(13)23-4/h6-9,18-19H,5,10H2,1-4H3. The van der Waals surface area contributed by atoms with Crippen molar-refractivity contribution in [3.05, 3.63) is 46.8 Å². The number of aromatic amines is 1. The molecule has 0 amide bonds. The largest absolute Gasteiger partial charge is 0.496 e. The lowest BCUT2D eigenvalue weighted by Crippen LogP contribution is -2.26. The van der Waals surface area contributed by atoms with Crippen molar-refractivity contribution in [2.45, 2.75) is 32.2 Å². The number of methoxy groups -OCH3 is 1. The molecular weight excluding hydrogens is 344 g/mol. The number of aryl methyl sites for hydroxylation is 2. The van der Waals surface area contributed by atoms with Crippen LogP contribution in [-0.2, 0) is 21.3 Å². The fraction of sp³-hybridized carbons (Fsp3) is 0.353. The number of aromatic nitrogens is 1. The Morgan fingerprint density at radius 2 is 1.88 bits per heavy atom. The van der Waals surface area contributed by atoms with Crippen LogP contribution in [0.3, 0.4) is 0 Å². The van der Waals surface area contributed by atoms with E-state index in [4.69, 9.17) is 9.47 Å². The monoisotopic (exact) mass is 366 g/mol. The highest BCUT2D eigenvalue weighted by Gasteiger charge is 2.29. The molecule has 0 aliphatic rings. The molecule has 7 nitrogen and oxygen atoms in total. The summed E-state index contributed by atoms with van der Waals surface area (Å²) >= 11 is 0. The van der Waals surface area contributed by atoms with E-state index in [1.807, 2.05) is 0 Å². The van der Waals surface area contributed by atoms with Gasteiger partial charge in [0.15, 0.2) is 0 Å². The van der Waals surface area contributed by atoms with Crippen LogP contribution in [0.5, 0.6) is 5.75 Å². The molecule has 2 N–H and O–H groups in total. The van der Waals surface area contributed by atoms with Gasteiger partial charge in [-0.25, -0.2) is 17.9 Å². The molecule has 0 radical (unpaired) electrons. The molecule has 1 aromatic carbocycles. The summed E-state index contributed by atoms with van der Waals surface area (Å²) in [6.07, 6.45) is 0. The van der Waals surface area contributed by atoms with Crippen LogP contribution in [0.2, 0.25) is 0 Å². The van der Waals surface area contributed by atoms with E-state index in [9.17, 15) is 13.2 Å². The van der Waals surface area contributed by atoms with Gasteiger partial charge in [-0.1, -0.05) is 18.2 Å². The summed E-state index contributed by atoms with van der Waals surface area (Å²) in [4.78, 5) is 15.0. The number of benzene rings is 1. The van der Waals surface area contributed by atoms with E-state index in [2.05, 4.69) is 9.71 Å². The number of carbonyl (C=O) groups is 1. The van der Waals surface area contributed by atoms with Crippen LogP contribution >= 0.6 is 0 Å². The third kappa shape index (κ3) is 4.02. The van der Waals surface area contributed by atoms with E-state index >= 15 is 0 Å². The highest BCUT2D eigenvalue weighted by atomic mass is 32.2. The molecule has 0 spiro atoms. The smallest absolute Gasteiger partial charge is 0.341 e. The van der Waals surface area contributed by atoms with Gasteiger partial charge in [0.05, 0.1) is 13.7 Å². The number of para-hydroxylation sites is 1. The molecule has 0 saturated heterocycles. The molecule has 0 aliphatic heterocycles. The second-order valence-electron chi connectivity index (χ2n) is 5.44. The van der Waals surface area contributed by atoms with E-state index in [1.54, 1.807) is 45.0 Å². The molecule has 0 saturated carbocycles. The first kappa shape index (κ1) is 19.0. The fourth-order valence-corrected chi connectivity index (χ4v) is 4.09. The maximum atomic E-state index is 12.8. The topological polar surface area (TPSA) is 97.5 Å². The zero-order chi connectivity index (χ0) is 18.6. The fourth-order valence-electron chi connectivity index (χ4n) is 2.64. The lowest BCUT2D eigenvalue weighted by molar-refractivity contribution is 0.0521. The van der Waals surface area contributed by atoms with Gasteiger partial charge in [-0.05, 0) is 26.8 Å². The van der Waals surface area contributed by atoms with Crippen molar-refractivity contribution in [1.29, 1.82) is 0 Å². The van der Waals surface area contributed by atoms with E-state index in [0.29, 0.717) is 22.7 Å². The predicted octanol–water partition coefficient (Wildman–Crippen LogP) is 2.30. The van der Waals surface area contributed by atoms with Crippen molar-refractivity contribution in [2.75, 3.05) is 13.7 Å². The predicted molar refractivity (Wildman–Crippen MR) is 93.2 cm³/mol. The molecule has 0 atom stereocenters. The number of H-pyrrole nitrogens is 1. The normalized spacial score (nSPS) is 11.4. The molecule has 25 heavy (non-hydrogen) atoms. The maximum Gasteiger partial charge on any atom is 0.341 e. The first-order valence-electron chi connectivity index (χ1n) is 7.79. The summed E-state index contributed by atoms with van der Waals surface area (Å²) in [6, 6.07) is 7.11. The number of carbonyl (C=O) groups excluding carboxylic acids is 1. The van der Waals surface area contributed by atoms with Gasteiger partial charge in [-0.15, -0.1) is 0 Å². The Bertz CT molecular complexity index is 871. The average Bonchev–Trinajstić information content (AvgIpc) is 2.88. The van der Waals surface area contributed by atoms with Gasteiger partial charge in [0.1, 0.15) is 16.2 Å². The van der Waals surface area contributed by atoms with Gasteiger partial charge in [-0.2, -0.15) is 0 Å². The molecule has 2 rings (SSSR count). The Balaban J connectivity index is 2.35. The Morgan fingerprint density at radius 3 is 2.52 bits per heavy atom. The zero-order valence-electron chi connectivity index (χ0n) is 14.7. The van der Waals surface area contributed by atoms with Gasteiger partial charge in [0, 0.05) is 23.5 Å². The van der Waals surface area contributed by atoms with Crippen LogP contribution in [0.25, 0.3) is 0 Å². The van der Waals surface area contributed by atoms with Gasteiger partial charge < -0.3 is 14.5 Å². The van der Waals surface area contributed by atoms with E-state index in [-0.39, 0.29) is 23.6 Å². The lowest BCUT2D eigenvalue weighted by Gasteiger charge is -2.11. The number of hydrogen-bond acceptors (Lipinski definition) is 5. The average molecular weight is 366 g/mol. The molecule has 0 aliphatic carbocycles. The third-order valence-electron chi connectivity index (χ3n) is 3.71. The van der Waals surface area contributed by atoms with Crippen LogP contribution in [0, 0.1) is 13.8 Å². The van der Waals surface area contributed by atoms with Crippen molar-refractivity contribution < 1.29 is 22.7 Å². The summed E-state index contributed by atoms with van der Waals surface area (Å²) in [5, 5.41) is 0. The number of esters is 1. The van der Waals surface area contributed by atoms with E-state index in [1.165, 1.54) is 7.11 Å².